The standard InChI is InChI=1S/C22H32N2O2/c1-3-4-5-6-10-15-24-19(2)22(26-21(24)25)13-16-23(17-14-22)18-20-11-8-7-9-12-20/h7-9,11-12H,2-6,10,13-18H2,1H3. The van der Waals surface area contributed by atoms with E-state index in [2.05, 4.69) is 42.7 Å². The van der Waals surface area contributed by atoms with Gasteiger partial charge in [-0.1, -0.05) is 69.5 Å². The van der Waals surface area contributed by atoms with E-state index in [4.69, 9.17) is 4.74 Å². The van der Waals surface area contributed by atoms with E-state index < -0.39 is 5.60 Å². The first-order valence-electron chi connectivity index (χ1n) is 10.1. The molecule has 0 radical (unpaired) electrons. The van der Waals surface area contributed by atoms with E-state index in [9.17, 15) is 4.79 Å². The van der Waals surface area contributed by atoms with Crippen LogP contribution in [-0.4, -0.2) is 41.1 Å². The van der Waals surface area contributed by atoms with Crippen LogP contribution in [0.15, 0.2) is 42.6 Å². The summed E-state index contributed by atoms with van der Waals surface area (Å²) < 4.78 is 5.85. The van der Waals surface area contributed by atoms with Crippen molar-refractivity contribution < 1.29 is 9.53 Å². The number of likely N-dealkylation sites (tertiary alicyclic amines) is 1. The molecule has 1 aromatic carbocycles. The normalized spacial score (nSPS) is 20.0. The summed E-state index contributed by atoms with van der Waals surface area (Å²) in [4.78, 5) is 16.6. The number of rotatable bonds is 8. The Balaban J connectivity index is 1.50. The minimum Gasteiger partial charge on any atom is -0.436 e. The van der Waals surface area contributed by atoms with Crippen molar-refractivity contribution in [1.29, 1.82) is 0 Å². The van der Waals surface area contributed by atoms with Gasteiger partial charge in [-0.3, -0.25) is 9.80 Å². The molecule has 2 aliphatic heterocycles. The van der Waals surface area contributed by atoms with E-state index in [1.54, 1.807) is 4.90 Å². The number of hydrogen-bond acceptors (Lipinski definition) is 3. The molecule has 1 amide bonds. The lowest BCUT2D eigenvalue weighted by molar-refractivity contribution is 0.0127. The van der Waals surface area contributed by atoms with Gasteiger partial charge in [-0.2, -0.15) is 0 Å². The van der Waals surface area contributed by atoms with Crippen LogP contribution in [0.5, 0.6) is 0 Å². The van der Waals surface area contributed by atoms with E-state index in [-0.39, 0.29) is 6.09 Å². The van der Waals surface area contributed by atoms with Crippen LogP contribution in [0.3, 0.4) is 0 Å². The van der Waals surface area contributed by atoms with E-state index >= 15 is 0 Å². The van der Waals surface area contributed by atoms with Crippen LogP contribution in [0, 0.1) is 0 Å². The van der Waals surface area contributed by atoms with Crippen molar-refractivity contribution in [1.82, 2.24) is 9.80 Å². The summed E-state index contributed by atoms with van der Waals surface area (Å²) in [6.07, 6.45) is 7.45. The Labute approximate surface area is 157 Å². The van der Waals surface area contributed by atoms with Gasteiger partial charge in [0, 0.05) is 39.0 Å². The highest BCUT2D eigenvalue weighted by Gasteiger charge is 2.50. The van der Waals surface area contributed by atoms with Gasteiger partial charge in [0.2, 0.25) is 0 Å². The molecule has 142 valence electrons. The summed E-state index contributed by atoms with van der Waals surface area (Å²) >= 11 is 0. The van der Waals surface area contributed by atoms with Crippen LogP contribution < -0.4 is 0 Å². The number of unbranched alkanes of at least 4 members (excludes halogenated alkanes) is 4. The number of carbonyl (C=O) groups excluding carboxylic acids is 1. The van der Waals surface area contributed by atoms with Crippen LogP contribution in [0.4, 0.5) is 4.79 Å². The number of amides is 1. The summed E-state index contributed by atoms with van der Waals surface area (Å²) in [6, 6.07) is 10.5. The van der Waals surface area contributed by atoms with Crippen molar-refractivity contribution in [3.8, 4) is 0 Å². The second-order valence-corrected chi connectivity index (χ2v) is 7.64. The van der Waals surface area contributed by atoms with Crippen LogP contribution in [0.2, 0.25) is 0 Å². The monoisotopic (exact) mass is 356 g/mol. The molecular weight excluding hydrogens is 324 g/mol. The smallest absolute Gasteiger partial charge is 0.415 e. The largest absolute Gasteiger partial charge is 0.436 e. The predicted octanol–water partition coefficient (Wildman–Crippen LogP) is 4.96. The molecule has 1 spiro atoms. The number of benzene rings is 1. The molecule has 0 atom stereocenters. The molecule has 2 heterocycles. The molecule has 26 heavy (non-hydrogen) atoms. The lowest BCUT2D eigenvalue weighted by Gasteiger charge is -2.38. The number of hydrogen-bond donors (Lipinski definition) is 0. The molecule has 3 rings (SSSR count). The molecule has 2 saturated heterocycles. The topological polar surface area (TPSA) is 32.8 Å². The van der Waals surface area contributed by atoms with Gasteiger partial charge in [0.05, 0.1) is 5.70 Å². The Bertz CT molecular complexity index is 606. The Hall–Kier alpha value is -1.81. The first kappa shape index (κ1) is 19.0. The zero-order valence-corrected chi connectivity index (χ0v) is 16.1. The second-order valence-electron chi connectivity index (χ2n) is 7.64. The molecule has 0 aromatic heterocycles. The van der Waals surface area contributed by atoms with Crippen molar-refractivity contribution in [3.63, 3.8) is 0 Å². The van der Waals surface area contributed by atoms with Crippen LogP contribution in [-0.2, 0) is 11.3 Å². The average molecular weight is 357 g/mol. The zero-order chi connectivity index (χ0) is 18.4. The molecule has 0 N–H and O–H groups in total. The number of ether oxygens (including phenoxy) is 1. The fraction of sp³-hybridized carbons (Fsp3) is 0.591. The summed E-state index contributed by atoms with van der Waals surface area (Å²) in [5, 5.41) is 0. The van der Waals surface area contributed by atoms with Crippen LogP contribution in [0.25, 0.3) is 0 Å². The maximum Gasteiger partial charge on any atom is 0.415 e. The van der Waals surface area contributed by atoms with Crippen molar-refractivity contribution in [2.45, 2.75) is 64.0 Å². The Morgan fingerprint density at radius 3 is 2.46 bits per heavy atom. The van der Waals surface area contributed by atoms with Gasteiger partial charge in [-0.25, -0.2) is 4.79 Å². The maximum absolute atomic E-state index is 12.4. The fourth-order valence-corrected chi connectivity index (χ4v) is 4.04. The SMILES string of the molecule is C=C1N(CCCCCCC)C(=O)OC12CCN(Cc1ccccc1)CC2. The van der Waals surface area contributed by atoms with Gasteiger partial charge in [0.1, 0.15) is 0 Å². The molecule has 4 nitrogen and oxygen atoms in total. The van der Waals surface area contributed by atoms with Gasteiger partial charge in [-0.15, -0.1) is 0 Å². The third kappa shape index (κ3) is 4.29. The summed E-state index contributed by atoms with van der Waals surface area (Å²) in [7, 11) is 0. The quantitative estimate of drug-likeness (QED) is 0.617. The third-order valence-electron chi connectivity index (χ3n) is 5.75. The van der Waals surface area contributed by atoms with Gasteiger partial charge in [0.15, 0.2) is 5.60 Å². The van der Waals surface area contributed by atoms with Gasteiger partial charge < -0.3 is 4.74 Å². The highest BCUT2D eigenvalue weighted by Crippen LogP contribution is 2.40. The zero-order valence-electron chi connectivity index (χ0n) is 16.1. The van der Waals surface area contributed by atoms with Gasteiger partial charge in [0.25, 0.3) is 0 Å². The first-order chi connectivity index (χ1) is 12.6. The molecule has 0 unspecified atom stereocenters. The molecule has 0 saturated carbocycles. The number of carbonyl (C=O) groups is 1. The van der Waals surface area contributed by atoms with Crippen molar-refractivity contribution >= 4 is 6.09 Å². The molecule has 1 aromatic rings. The van der Waals surface area contributed by atoms with Crippen LogP contribution >= 0.6 is 0 Å². The number of nitrogens with zero attached hydrogens (tertiary/aromatic N) is 2. The van der Waals surface area contributed by atoms with Crippen LogP contribution in [0.1, 0.15) is 57.4 Å². The molecule has 0 bridgehead atoms. The van der Waals surface area contributed by atoms with Crippen molar-refractivity contribution in [3.05, 3.63) is 48.2 Å². The lowest BCUT2D eigenvalue weighted by Crippen LogP contribution is -2.45. The van der Waals surface area contributed by atoms with E-state index in [0.29, 0.717) is 0 Å². The predicted molar refractivity (Wildman–Crippen MR) is 105 cm³/mol. The molecule has 2 fully saturated rings. The van der Waals surface area contributed by atoms with Gasteiger partial charge in [-0.05, 0) is 12.0 Å². The second kappa shape index (κ2) is 8.72. The van der Waals surface area contributed by atoms with E-state index in [1.165, 1.54) is 31.2 Å². The molecule has 4 heteroatoms. The van der Waals surface area contributed by atoms with Gasteiger partial charge >= 0.3 is 6.09 Å². The highest BCUT2D eigenvalue weighted by atomic mass is 16.6. The van der Waals surface area contributed by atoms with E-state index in [1.807, 2.05) is 6.07 Å². The summed E-state index contributed by atoms with van der Waals surface area (Å²) in [5.41, 5.74) is 1.75. The molecule has 0 aliphatic carbocycles. The summed E-state index contributed by atoms with van der Waals surface area (Å²) in [5.74, 6) is 0. The molecule has 2 aliphatic rings. The minimum absolute atomic E-state index is 0.193. The molecular formula is C22H32N2O2. The minimum atomic E-state index is -0.465. The average Bonchev–Trinajstić information content (AvgIpc) is 2.88. The Morgan fingerprint density at radius 2 is 1.77 bits per heavy atom. The maximum atomic E-state index is 12.4. The van der Waals surface area contributed by atoms with E-state index in [0.717, 1.165) is 51.1 Å². The fourth-order valence-electron chi connectivity index (χ4n) is 4.04. The Kier molecular flexibility index (Phi) is 6.36. The number of piperidine rings is 1. The Morgan fingerprint density at radius 1 is 1.08 bits per heavy atom. The first-order valence-corrected chi connectivity index (χ1v) is 10.1. The highest BCUT2D eigenvalue weighted by molar-refractivity contribution is 5.74. The third-order valence-corrected chi connectivity index (χ3v) is 5.75. The van der Waals surface area contributed by atoms with Crippen molar-refractivity contribution in [2.24, 2.45) is 0 Å². The van der Waals surface area contributed by atoms with Crippen molar-refractivity contribution in [2.75, 3.05) is 19.6 Å². The summed E-state index contributed by atoms with van der Waals surface area (Å²) in [6.45, 7) is 10.0. The lowest BCUT2D eigenvalue weighted by atomic mass is 9.88.